The highest BCUT2D eigenvalue weighted by Crippen LogP contribution is 2.20. The van der Waals surface area contributed by atoms with E-state index in [9.17, 15) is 0 Å². The van der Waals surface area contributed by atoms with Gasteiger partial charge in [0.1, 0.15) is 12.3 Å². The van der Waals surface area contributed by atoms with Gasteiger partial charge in [-0.15, -0.1) is 0 Å². The number of ether oxygens (including phenoxy) is 1. The fourth-order valence-corrected chi connectivity index (χ4v) is 2.57. The monoisotopic (exact) mass is 376 g/mol. The summed E-state index contributed by atoms with van der Waals surface area (Å²) in [7, 11) is 1.65. The van der Waals surface area contributed by atoms with E-state index in [1.54, 1.807) is 7.11 Å². The molecule has 0 aliphatic rings. The van der Waals surface area contributed by atoms with Crippen molar-refractivity contribution < 1.29 is 9.30 Å². The lowest BCUT2D eigenvalue weighted by Crippen LogP contribution is -2.32. The van der Waals surface area contributed by atoms with E-state index in [2.05, 4.69) is 43.1 Å². The summed E-state index contributed by atoms with van der Waals surface area (Å²) in [6, 6.07) is 11.5. The average molecular weight is 377 g/mol. The molecule has 1 aromatic heterocycles. The molecule has 1 heterocycles. The molecule has 0 aliphatic heterocycles. The first kappa shape index (κ1) is 17.6. The average Bonchev–Trinajstić information content (AvgIpc) is 2.61. The van der Waals surface area contributed by atoms with Gasteiger partial charge >= 0.3 is 0 Å². The molecule has 0 atom stereocenters. The summed E-state index contributed by atoms with van der Waals surface area (Å²) in [6.07, 6.45) is 9.16. The number of aryl methyl sites for hydroxylation is 1. The summed E-state index contributed by atoms with van der Waals surface area (Å²) in [4.78, 5) is 0. The SMILES string of the molecule is COc1ccc(N=Nc2cc[n+](CCCCCCBr)cc2)cc1. The van der Waals surface area contributed by atoms with Crippen molar-refractivity contribution >= 4 is 27.3 Å². The zero-order valence-corrected chi connectivity index (χ0v) is 15.1. The van der Waals surface area contributed by atoms with Crippen molar-refractivity contribution in [3.8, 4) is 5.75 Å². The van der Waals surface area contributed by atoms with Gasteiger partial charge < -0.3 is 4.74 Å². The highest BCUT2D eigenvalue weighted by Gasteiger charge is 2.00. The van der Waals surface area contributed by atoms with Crippen LogP contribution in [0.3, 0.4) is 0 Å². The molecule has 0 saturated carbocycles. The minimum absolute atomic E-state index is 0.814. The Morgan fingerprint density at radius 1 is 0.870 bits per heavy atom. The van der Waals surface area contributed by atoms with Crippen LogP contribution in [0.4, 0.5) is 11.4 Å². The third-order valence-electron chi connectivity index (χ3n) is 3.53. The number of azo groups is 1. The molecule has 1 aromatic carbocycles. The molecule has 122 valence electrons. The molecule has 2 rings (SSSR count). The number of nitrogens with zero attached hydrogens (tertiary/aromatic N) is 3. The normalized spacial score (nSPS) is 11.0. The third kappa shape index (κ3) is 6.48. The van der Waals surface area contributed by atoms with Crippen LogP contribution in [0, 0.1) is 0 Å². The van der Waals surface area contributed by atoms with Gasteiger partial charge in [-0.1, -0.05) is 22.4 Å². The van der Waals surface area contributed by atoms with Gasteiger partial charge in [0.2, 0.25) is 0 Å². The molecule has 0 radical (unpaired) electrons. The number of pyridine rings is 1. The molecule has 4 nitrogen and oxygen atoms in total. The third-order valence-corrected chi connectivity index (χ3v) is 4.09. The van der Waals surface area contributed by atoms with E-state index < -0.39 is 0 Å². The number of methoxy groups -OCH3 is 1. The summed E-state index contributed by atoms with van der Waals surface area (Å²) < 4.78 is 7.32. The summed E-state index contributed by atoms with van der Waals surface area (Å²) in [6.45, 7) is 1.05. The Morgan fingerprint density at radius 2 is 1.48 bits per heavy atom. The van der Waals surface area contributed by atoms with Crippen LogP contribution in [0.25, 0.3) is 0 Å². The summed E-state index contributed by atoms with van der Waals surface area (Å²) in [5, 5.41) is 9.60. The van der Waals surface area contributed by atoms with Crippen molar-refractivity contribution in [1.29, 1.82) is 0 Å². The number of alkyl halides is 1. The van der Waals surface area contributed by atoms with E-state index in [1.807, 2.05) is 36.4 Å². The Hall–Kier alpha value is -1.75. The van der Waals surface area contributed by atoms with Crippen molar-refractivity contribution in [2.24, 2.45) is 10.2 Å². The van der Waals surface area contributed by atoms with Crippen molar-refractivity contribution in [3.05, 3.63) is 48.8 Å². The molecule has 0 saturated heterocycles. The molecule has 0 spiro atoms. The minimum Gasteiger partial charge on any atom is -0.497 e. The summed E-state index contributed by atoms with van der Waals surface area (Å²) >= 11 is 3.46. The predicted octanol–water partition coefficient (Wildman–Crippen LogP) is 5.35. The first-order chi connectivity index (χ1) is 11.3. The van der Waals surface area contributed by atoms with Crippen LogP contribution in [-0.4, -0.2) is 12.4 Å². The molecule has 0 aliphatic carbocycles. The maximum atomic E-state index is 5.12. The van der Waals surface area contributed by atoms with E-state index in [0.29, 0.717) is 0 Å². The van der Waals surface area contributed by atoms with Crippen LogP contribution in [0.5, 0.6) is 5.75 Å². The lowest BCUT2D eigenvalue weighted by molar-refractivity contribution is -0.697. The number of rotatable bonds is 9. The van der Waals surface area contributed by atoms with E-state index in [0.717, 1.165) is 29.0 Å². The molecule has 0 N–H and O–H groups in total. The Labute approximate surface area is 146 Å². The highest BCUT2D eigenvalue weighted by atomic mass is 79.9. The molecular formula is C18H23BrN3O+. The zero-order chi connectivity index (χ0) is 16.3. The van der Waals surface area contributed by atoms with Gasteiger partial charge in [0.15, 0.2) is 12.4 Å². The number of aromatic nitrogens is 1. The van der Waals surface area contributed by atoms with Crippen molar-refractivity contribution in [2.45, 2.75) is 32.2 Å². The maximum absolute atomic E-state index is 5.12. The molecule has 0 amide bonds. The second-order valence-corrected chi connectivity index (χ2v) is 6.09. The van der Waals surface area contributed by atoms with E-state index in [-0.39, 0.29) is 0 Å². The van der Waals surface area contributed by atoms with Gasteiger partial charge in [0.25, 0.3) is 0 Å². The number of hydrogen-bond donors (Lipinski definition) is 0. The zero-order valence-electron chi connectivity index (χ0n) is 13.5. The molecule has 5 heteroatoms. The fourth-order valence-electron chi connectivity index (χ4n) is 2.17. The van der Waals surface area contributed by atoms with Crippen molar-refractivity contribution in [3.63, 3.8) is 0 Å². The lowest BCUT2D eigenvalue weighted by atomic mass is 10.2. The number of hydrogen-bond acceptors (Lipinski definition) is 3. The van der Waals surface area contributed by atoms with Gasteiger partial charge in [-0.25, -0.2) is 4.57 Å². The topological polar surface area (TPSA) is 37.8 Å². The quantitative estimate of drug-likeness (QED) is 0.251. The van der Waals surface area contributed by atoms with Gasteiger partial charge in [-0.3, -0.25) is 0 Å². The lowest BCUT2D eigenvalue weighted by Gasteiger charge is -1.99. The molecule has 0 bridgehead atoms. The molecule has 2 aromatic rings. The summed E-state index contributed by atoms with van der Waals surface area (Å²) in [5.74, 6) is 0.820. The second-order valence-electron chi connectivity index (χ2n) is 5.30. The van der Waals surface area contributed by atoms with Crippen LogP contribution >= 0.6 is 15.9 Å². The fraction of sp³-hybridized carbons (Fsp3) is 0.389. The van der Waals surface area contributed by atoms with Gasteiger partial charge in [0, 0.05) is 23.9 Å². The van der Waals surface area contributed by atoms with Crippen LogP contribution < -0.4 is 9.30 Å². The Kier molecular flexibility index (Phi) is 7.73. The Balaban J connectivity index is 1.82. The number of halogens is 1. The van der Waals surface area contributed by atoms with E-state index >= 15 is 0 Å². The van der Waals surface area contributed by atoms with Crippen LogP contribution in [0.15, 0.2) is 59.0 Å². The van der Waals surface area contributed by atoms with Crippen molar-refractivity contribution in [1.82, 2.24) is 0 Å². The molecular weight excluding hydrogens is 354 g/mol. The first-order valence-corrected chi connectivity index (χ1v) is 9.05. The highest BCUT2D eigenvalue weighted by molar-refractivity contribution is 9.09. The molecule has 23 heavy (non-hydrogen) atoms. The number of benzene rings is 1. The first-order valence-electron chi connectivity index (χ1n) is 7.92. The van der Waals surface area contributed by atoms with Crippen LogP contribution in [0.1, 0.15) is 25.7 Å². The maximum Gasteiger partial charge on any atom is 0.171 e. The minimum atomic E-state index is 0.814. The molecule has 0 unspecified atom stereocenters. The van der Waals surface area contributed by atoms with Crippen LogP contribution in [0.2, 0.25) is 0 Å². The Morgan fingerprint density at radius 3 is 2.09 bits per heavy atom. The smallest absolute Gasteiger partial charge is 0.171 e. The van der Waals surface area contributed by atoms with Crippen LogP contribution in [-0.2, 0) is 6.54 Å². The predicted molar refractivity (Wildman–Crippen MR) is 96.1 cm³/mol. The largest absolute Gasteiger partial charge is 0.497 e. The van der Waals surface area contributed by atoms with Gasteiger partial charge in [-0.2, -0.15) is 10.2 Å². The van der Waals surface area contributed by atoms with Gasteiger partial charge in [-0.05, 0) is 37.1 Å². The van der Waals surface area contributed by atoms with Gasteiger partial charge in [0.05, 0.1) is 18.5 Å². The second kappa shape index (κ2) is 10.1. The van der Waals surface area contributed by atoms with E-state index in [1.165, 1.54) is 25.7 Å². The number of unbranched alkanes of at least 4 members (excludes halogenated alkanes) is 3. The summed E-state index contributed by atoms with van der Waals surface area (Å²) in [5.41, 5.74) is 1.67. The Bertz CT molecular complexity index is 597. The standard InChI is InChI=1S/C18H23BrN3O/c1-23-18-8-6-16(7-9-18)20-21-17-10-14-22(15-11-17)13-5-3-2-4-12-19/h6-11,14-15H,2-5,12-13H2,1H3/q+1. The molecule has 0 fully saturated rings. The van der Waals surface area contributed by atoms with Crippen molar-refractivity contribution in [2.75, 3.05) is 12.4 Å². The van der Waals surface area contributed by atoms with E-state index in [4.69, 9.17) is 4.74 Å².